The van der Waals surface area contributed by atoms with Crippen LogP contribution in [0.3, 0.4) is 0 Å². The van der Waals surface area contributed by atoms with E-state index in [9.17, 15) is 5.11 Å². The highest BCUT2D eigenvalue weighted by atomic mass is 35.5. The highest BCUT2D eigenvalue weighted by Crippen LogP contribution is 2.25. The smallest absolute Gasteiger partial charge is 0.287 e. The van der Waals surface area contributed by atoms with E-state index in [-0.39, 0.29) is 6.10 Å². The summed E-state index contributed by atoms with van der Waals surface area (Å²) in [4.78, 5) is 3.31. The fourth-order valence-electron chi connectivity index (χ4n) is 4.11. The molecule has 5 nitrogen and oxygen atoms in total. The quantitative estimate of drug-likeness (QED) is 0.413. The summed E-state index contributed by atoms with van der Waals surface area (Å²) in [5, 5.41) is 15.4. The molecule has 3 N–H and O–H groups in total. The molecule has 156 valence electrons. The number of benzene rings is 1. The van der Waals surface area contributed by atoms with Gasteiger partial charge >= 0.3 is 0 Å². The molecule has 0 radical (unpaired) electrons. The number of aromatic nitrogens is 2. The number of aryl methyl sites for hydroxylation is 1. The fraction of sp³-hybridized carbons (Fsp3) is 0.250. The first-order valence-corrected chi connectivity index (χ1v) is 10.9. The molecular formula is C24H22Cl2N4O+2. The number of allylic oxidation sites excluding steroid dienone is 1. The lowest BCUT2D eigenvalue weighted by molar-refractivity contribution is -0.646. The Bertz CT molecular complexity index is 1310. The summed E-state index contributed by atoms with van der Waals surface area (Å²) in [5.74, 6) is 6.37. The number of H-pyrrole nitrogens is 1. The number of pyridine rings is 1. The van der Waals surface area contributed by atoms with E-state index in [1.165, 1.54) is 0 Å². The van der Waals surface area contributed by atoms with E-state index < -0.39 is 0 Å². The number of aliphatic hydroxyl groups excluding tert-OH is 1. The van der Waals surface area contributed by atoms with Gasteiger partial charge in [0.05, 0.1) is 41.9 Å². The van der Waals surface area contributed by atoms with Crippen molar-refractivity contribution >= 4 is 46.0 Å². The largest absolute Gasteiger partial charge is 0.392 e. The molecule has 1 saturated heterocycles. The second-order valence-electron chi connectivity index (χ2n) is 8.04. The number of β-amino-alcohol motifs (C(OH)–C–C–N with tert-alkyl or cyclic N) is 1. The number of nitrogens with one attached hydrogen (secondary N) is 2. The van der Waals surface area contributed by atoms with Crippen LogP contribution in [-0.4, -0.2) is 46.1 Å². The molecule has 3 aromatic rings. The molecule has 0 amide bonds. The molecule has 31 heavy (non-hydrogen) atoms. The van der Waals surface area contributed by atoms with Crippen LogP contribution in [-0.2, 0) is 7.05 Å². The number of hydrogen-bond acceptors (Lipinski definition) is 2. The number of hydrogen-bond donors (Lipinski definition) is 3. The van der Waals surface area contributed by atoms with E-state index in [1.54, 1.807) is 18.2 Å². The topological polar surface area (TPSA) is 54.9 Å². The number of aromatic amines is 1. The van der Waals surface area contributed by atoms with Crippen molar-refractivity contribution in [2.75, 3.05) is 13.1 Å². The summed E-state index contributed by atoms with van der Waals surface area (Å²) in [5.41, 5.74) is 4.90. The molecule has 1 aromatic carbocycles. The van der Waals surface area contributed by atoms with Crippen LogP contribution in [0.4, 0.5) is 0 Å². The van der Waals surface area contributed by atoms with Gasteiger partial charge in [0.15, 0.2) is 18.5 Å². The predicted molar refractivity (Wildman–Crippen MR) is 123 cm³/mol. The second-order valence-corrected chi connectivity index (χ2v) is 8.88. The molecule has 0 saturated carbocycles. The van der Waals surface area contributed by atoms with Crippen LogP contribution in [0.15, 0.2) is 42.9 Å². The Hall–Kier alpha value is -2.62. The Balaban J connectivity index is 1.44. The normalized spacial score (nSPS) is 20.5. The lowest BCUT2D eigenvalue weighted by Gasteiger charge is -2.26. The standard InChI is InChI=1S/C24H21Cl2N4O/c1-29-12-17(18-13-30(14-18)20-8-21(31)11-27-10-20)7-22-16(9-28-24(22)29)3-2-15-6-19(25)4-5-23(15)26/h4-7,9,12-14,20-21,27,31H,8,10-11H2,1H3/q+1/p+1. The maximum atomic E-state index is 9.90. The highest BCUT2D eigenvalue weighted by molar-refractivity contribution is 6.33. The zero-order chi connectivity index (χ0) is 21.5. The lowest BCUT2D eigenvalue weighted by atomic mass is 10.00. The van der Waals surface area contributed by atoms with Crippen molar-refractivity contribution in [3.8, 4) is 11.8 Å². The summed E-state index contributed by atoms with van der Waals surface area (Å²) in [6.45, 7) is 1.55. The van der Waals surface area contributed by atoms with Gasteiger partial charge in [-0.1, -0.05) is 35.0 Å². The summed E-state index contributed by atoms with van der Waals surface area (Å²) < 4.78 is 4.26. The Morgan fingerprint density at radius 2 is 1.94 bits per heavy atom. The van der Waals surface area contributed by atoms with Crippen LogP contribution in [0.1, 0.15) is 23.1 Å². The number of halogens is 2. The molecule has 2 aromatic heterocycles. The molecule has 2 atom stereocenters. The van der Waals surface area contributed by atoms with Gasteiger partial charge in [0.2, 0.25) is 0 Å². The van der Waals surface area contributed by atoms with Crippen molar-refractivity contribution in [1.82, 2.24) is 10.3 Å². The Kier molecular flexibility index (Phi) is 5.33. The average Bonchev–Trinajstić information content (AvgIpc) is 3.11. The van der Waals surface area contributed by atoms with Crippen LogP contribution < -0.4 is 9.88 Å². The van der Waals surface area contributed by atoms with E-state index in [2.05, 4.69) is 56.0 Å². The van der Waals surface area contributed by atoms with Crippen LogP contribution in [0.2, 0.25) is 10.0 Å². The van der Waals surface area contributed by atoms with Gasteiger partial charge < -0.3 is 10.4 Å². The van der Waals surface area contributed by atoms with E-state index in [0.717, 1.165) is 40.7 Å². The highest BCUT2D eigenvalue weighted by Gasteiger charge is 2.32. The molecule has 2 unspecified atom stereocenters. The minimum absolute atomic E-state index is 0.285. The Labute approximate surface area is 190 Å². The molecule has 1 fully saturated rings. The predicted octanol–water partition coefficient (Wildman–Crippen LogP) is 2.86. The van der Waals surface area contributed by atoms with Crippen molar-refractivity contribution in [3.05, 3.63) is 69.6 Å². The summed E-state index contributed by atoms with van der Waals surface area (Å²) in [6, 6.07) is 7.73. The van der Waals surface area contributed by atoms with Gasteiger partial charge in [-0.15, -0.1) is 0 Å². The van der Waals surface area contributed by atoms with Crippen molar-refractivity contribution in [3.63, 3.8) is 0 Å². The molecule has 5 rings (SSSR count). The summed E-state index contributed by atoms with van der Waals surface area (Å²) in [7, 11) is 2.02. The van der Waals surface area contributed by atoms with Crippen LogP contribution in [0.25, 0.3) is 16.6 Å². The average molecular weight is 453 g/mol. The minimum atomic E-state index is -0.285. The third-order valence-electron chi connectivity index (χ3n) is 5.78. The molecule has 0 spiro atoms. The molecule has 7 heteroatoms. The number of nitrogens with zero attached hydrogens (tertiary/aromatic N) is 2. The Morgan fingerprint density at radius 1 is 1.13 bits per heavy atom. The third kappa shape index (κ3) is 4.00. The fourth-order valence-corrected chi connectivity index (χ4v) is 4.45. The first-order valence-electron chi connectivity index (χ1n) is 10.2. The van der Waals surface area contributed by atoms with Crippen molar-refractivity contribution in [1.29, 1.82) is 0 Å². The van der Waals surface area contributed by atoms with Gasteiger partial charge in [-0.05, 0) is 24.3 Å². The maximum Gasteiger partial charge on any atom is 0.287 e. The molecule has 2 aliphatic heterocycles. The third-order valence-corrected chi connectivity index (χ3v) is 6.34. The van der Waals surface area contributed by atoms with Crippen molar-refractivity contribution in [2.24, 2.45) is 7.05 Å². The summed E-state index contributed by atoms with van der Waals surface area (Å²) >= 11 is 12.3. The Morgan fingerprint density at radius 3 is 2.74 bits per heavy atom. The van der Waals surface area contributed by atoms with Gasteiger partial charge in [0, 0.05) is 29.1 Å². The molecule has 0 bridgehead atoms. The molecule has 4 heterocycles. The van der Waals surface area contributed by atoms with Gasteiger partial charge in [0.1, 0.15) is 11.8 Å². The van der Waals surface area contributed by atoms with Gasteiger partial charge in [-0.2, -0.15) is 4.58 Å². The van der Waals surface area contributed by atoms with Crippen LogP contribution >= 0.6 is 23.2 Å². The molecule has 0 aliphatic carbocycles. The summed E-state index contributed by atoms with van der Waals surface area (Å²) in [6.07, 6.45) is 8.82. The van der Waals surface area contributed by atoms with Crippen molar-refractivity contribution < 1.29 is 14.2 Å². The SMILES string of the molecule is C[n+]1cc(C2=C[N+](C3CNCC(O)C3)=C2)cc2c(C#Cc3cc(Cl)ccc3Cl)c[nH]c21. The van der Waals surface area contributed by atoms with Crippen molar-refractivity contribution in [2.45, 2.75) is 18.6 Å². The van der Waals surface area contributed by atoms with Gasteiger partial charge in [0.25, 0.3) is 5.65 Å². The van der Waals surface area contributed by atoms with E-state index in [4.69, 9.17) is 23.2 Å². The number of aliphatic hydroxyl groups is 1. The molecule has 2 aliphatic rings. The first kappa shape index (κ1) is 20.3. The lowest BCUT2D eigenvalue weighted by Crippen LogP contribution is -2.48. The van der Waals surface area contributed by atoms with E-state index in [0.29, 0.717) is 28.2 Å². The minimum Gasteiger partial charge on any atom is -0.392 e. The second kappa shape index (κ2) is 8.14. The zero-order valence-electron chi connectivity index (χ0n) is 17.0. The number of fused-ring (bicyclic) bond motifs is 1. The number of rotatable bonds is 2. The molecular weight excluding hydrogens is 431 g/mol. The van der Waals surface area contributed by atoms with E-state index in [1.807, 2.05) is 13.2 Å². The van der Waals surface area contributed by atoms with Crippen LogP contribution in [0.5, 0.6) is 0 Å². The zero-order valence-corrected chi connectivity index (χ0v) is 18.5. The number of piperidine rings is 1. The van der Waals surface area contributed by atoms with Crippen LogP contribution in [0, 0.1) is 11.8 Å². The van der Waals surface area contributed by atoms with Gasteiger partial charge in [-0.3, -0.25) is 0 Å². The first-order chi connectivity index (χ1) is 15.0. The van der Waals surface area contributed by atoms with Gasteiger partial charge in [-0.25, -0.2) is 9.55 Å². The monoisotopic (exact) mass is 452 g/mol. The van der Waals surface area contributed by atoms with E-state index >= 15 is 0 Å². The maximum absolute atomic E-state index is 9.90.